The zero-order valence-corrected chi connectivity index (χ0v) is 34.6. The molecule has 0 spiro atoms. The van der Waals surface area contributed by atoms with Crippen LogP contribution in [0, 0.1) is 13.8 Å². The summed E-state index contributed by atoms with van der Waals surface area (Å²) in [5.41, 5.74) is -2.72. The largest absolute Gasteiger partial charge is 0.467 e. The Balaban J connectivity index is 1.36. The summed E-state index contributed by atoms with van der Waals surface area (Å²) in [4.78, 5) is 47.6. The zero-order valence-electron chi connectivity index (χ0n) is 33.1. The quantitative estimate of drug-likeness (QED) is 0.168. The number of halogens is 8. The van der Waals surface area contributed by atoms with Crippen LogP contribution < -0.4 is 28.7 Å². The fourth-order valence-corrected chi connectivity index (χ4v) is 7.34. The van der Waals surface area contributed by atoms with Crippen molar-refractivity contribution in [1.29, 1.82) is 0 Å². The van der Waals surface area contributed by atoms with Crippen LogP contribution in [0.25, 0.3) is 0 Å². The number of hydrogen-bond acceptors (Lipinski definition) is 17. The van der Waals surface area contributed by atoms with E-state index in [4.69, 9.17) is 42.1 Å². The van der Waals surface area contributed by atoms with Crippen molar-refractivity contribution in [3.05, 3.63) is 32.8 Å². The molecule has 0 bridgehead atoms. The highest BCUT2D eigenvalue weighted by atomic mass is 35.5. The highest BCUT2D eigenvalue weighted by molar-refractivity contribution is 6.32. The van der Waals surface area contributed by atoms with E-state index in [1.165, 1.54) is 42.3 Å². The molecule has 4 aromatic heterocycles. The van der Waals surface area contributed by atoms with E-state index in [2.05, 4.69) is 40.1 Å². The van der Waals surface area contributed by atoms with Crippen molar-refractivity contribution in [3.8, 4) is 24.0 Å². The molecule has 2 atom stereocenters. The summed E-state index contributed by atoms with van der Waals surface area (Å²) in [6.45, 7) is 3.53. The number of anilines is 2. The van der Waals surface area contributed by atoms with E-state index in [1.807, 2.05) is 0 Å². The van der Waals surface area contributed by atoms with Gasteiger partial charge in [-0.15, -0.1) is 9.97 Å². The molecule has 2 aliphatic heterocycles. The number of hydrogen-bond donors (Lipinski definition) is 0. The molecule has 60 heavy (non-hydrogen) atoms. The Morgan fingerprint density at radius 3 is 1.12 bits per heavy atom. The molecule has 0 aromatic carbocycles. The summed E-state index contributed by atoms with van der Waals surface area (Å²) in [6.07, 6.45) is -9.79. The molecule has 0 radical (unpaired) electrons. The lowest BCUT2D eigenvalue weighted by molar-refractivity contribution is -0.142. The first-order valence-electron chi connectivity index (χ1n) is 18.2. The third-order valence-electron chi connectivity index (χ3n) is 10.1. The lowest BCUT2D eigenvalue weighted by Gasteiger charge is -2.43. The number of Topliss-reactive ketones (excluding diaryl/α,β-unsaturated/α-hetero) is 1. The predicted octanol–water partition coefficient (Wildman–Crippen LogP) is 3.10. The zero-order chi connectivity index (χ0) is 43.7. The number of methoxy groups -OCH3 is 4. The van der Waals surface area contributed by atoms with Crippen LogP contribution in [0.1, 0.15) is 22.8 Å². The molecule has 6 heterocycles. The van der Waals surface area contributed by atoms with Crippen LogP contribution in [0.5, 0.6) is 24.0 Å². The Labute approximate surface area is 348 Å². The average molecular weight is 898 g/mol. The summed E-state index contributed by atoms with van der Waals surface area (Å²) < 4.78 is 107. The molecule has 0 amide bonds. The molecule has 6 rings (SSSR count). The van der Waals surface area contributed by atoms with E-state index < -0.39 is 51.7 Å². The molecule has 2 fully saturated rings. The Hall–Kier alpha value is -5.01. The molecular formula is C33H40Cl2F6N14O5. The van der Waals surface area contributed by atoms with Crippen molar-refractivity contribution in [2.75, 3.05) is 90.6 Å². The Kier molecular flexibility index (Phi) is 13.3. The van der Waals surface area contributed by atoms with Crippen LogP contribution in [-0.2, 0) is 30.2 Å². The van der Waals surface area contributed by atoms with Gasteiger partial charge in [0.15, 0.2) is 17.2 Å². The van der Waals surface area contributed by atoms with Crippen molar-refractivity contribution >= 4 is 40.9 Å². The van der Waals surface area contributed by atoms with Gasteiger partial charge < -0.3 is 28.7 Å². The van der Waals surface area contributed by atoms with E-state index in [9.17, 15) is 26.3 Å². The first-order chi connectivity index (χ1) is 28.4. The number of nitrogens with zero attached hydrogens (tertiary/aromatic N) is 14. The van der Waals surface area contributed by atoms with E-state index >= 15 is 4.79 Å². The molecule has 328 valence electrons. The van der Waals surface area contributed by atoms with Crippen molar-refractivity contribution in [2.45, 2.75) is 51.4 Å². The fourth-order valence-electron chi connectivity index (χ4n) is 6.86. The summed E-state index contributed by atoms with van der Waals surface area (Å²) in [5.74, 6) is -0.0779. The smallest absolute Gasteiger partial charge is 0.436 e. The van der Waals surface area contributed by atoms with E-state index in [0.29, 0.717) is 0 Å². The first kappa shape index (κ1) is 44.5. The van der Waals surface area contributed by atoms with Crippen molar-refractivity contribution in [3.63, 3.8) is 0 Å². The molecule has 19 nitrogen and oxygen atoms in total. The molecule has 2 aliphatic rings. The van der Waals surface area contributed by atoms with Gasteiger partial charge in [0.25, 0.3) is 0 Å². The van der Waals surface area contributed by atoms with Crippen molar-refractivity contribution < 1.29 is 50.1 Å². The maximum absolute atomic E-state index is 15.3. The van der Waals surface area contributed by atoms with Gasteiger partial charge in [-0.3, -0.25) is 24.0 Å². The third kappa shape index (κ3) is 9.47. The highest BCUT2D eigenvalue weighted by Gasteiger charge is 2.43. The highest BCUT2D eigenvalue weighted by Crippen LogP contribution is 2.37. The van der Waals surface area contributed by atoms with Crippen molar-refractivity contribution in [1.82, 2.24) is 59.3 Å². The van der Waals surface area contributed by atoms with E-state index in [1.54, 1.807) is 19.6 Å². The lowest BCUT2D eigenvalue weighted by atomic mass is 9.99. The number of ether oxygens (including phenoxy) is 4. The molecule has 0 saturated carbocycles. The van der Waals surface area contributed by atoms with Gasteiger partial charge in [0.2, 0.25) is 11.9 Å². The van der Waals surface area contributed by atoms with Gasteiger partial charge >= 0.3 is 36.4 Å². The van der Waals surface area contributed by atoms with Crippen LogP contribution in [0.3, 0.4) is 0 Å². The van der Waals surface area contributed by atoms with Gasteiger partial charge in [-0.2, -0.15) is 56.5 Å². The van der Waals surface area contributed by atoms with Crippen LogP contribution in [0.4, 0.5) is 38.2 Å². The van der Waals surface area contributed by atoms with Gasteiger partial charge in [0.1, 0.15) is 0 Å². The normalized spacial score (nSPS) is 16.8. The Bertz CT molecular complexity index is 1970. The minimum absolute atomic E-state index is 0.00163. The number of carbonyl (C=O) groups is 1. The number of alkyl halides is 6. The topological polar surface area (TPSA) is 180 Å². The molecular weight excluding hydrogens is 857 g/mol. The van der Waals surface area contributed by atoms with Gasteiger partial charge in [0.05, 0.1) is 75.0 Å². The van der Waals surface area contributed by atoms with E-state index in [-0.39, 0.29) is 113 Å². The third-order valence-corrected chi connectivity index (χ3v) is 11.0. The molecule has 27 heteroatoms. The summed E-state index contributed by atoms with van der Waals surface area (Å²) >= 11 is 12.3. The van der Waals surface area contributed by atoms with Crippen LogP contribution in [0.15, 0.2) is 0 Å². The minimum Gasteiger partial charge on any atom is -0.467 e. The molecule has 2 unspecified atom stereocenters. The molecule has 0 N–H and O–H groups in total. The monoisotopic (exact) mass is 896 g/mol. The second-order valence-electron chi connectivity index (χ2n) is 13.6. The minimum atomic E-state index is -4.90. The fraction of sp³-hybridized carbons (Fsp3) is 0.606. The van der Waals surface area contributed by atoms with Crippen LogP contribution in [-0.4, -0.2) is 158 Å². The Morgan fingerprint density at radius 2 is 0.867 bits per heavy atom. The Morgan fingerprint density at radius 1 is 0.567 bits per heavy atom. The summed E-state index contributed by atoms with van der Waals surface area (Å²) in [5, 5.41) is 6.30. The first-order valence-corrected chi connectivity index (χ1v) is 18.9. The second-order valence-corrected chi connectivity index (χ2v) is 14.3. The van der Waals surface area contributed by atoms with Gasteiger partial charge in [0, 0.05) is 52.4 Å². The van der Waals surface area contributed by atoms with Crippen LogP contribution in [0.2, 0.25) is 10.0 Å². The number of rotatable bonds is 14. The van der Waals surface area contributed by atoms with Gasteiger partial charge in [-0.25, -0.2) is 0 Å². The predicted molar refractivity (Wildman–Crippen MR) is 200 cm³/mol. The maximum atomic E-state index is 15.3. The number of ketones is 1. The van der Waals surface area contributed by atoms with Crippen LogP contribution >= 0.6 is 23.2 Å². The number of carbonyl (C=O) groups excluding carboxylic acids is 1. The SMILES string of the molecule is COc1nc(OC)nc(N2CCN(C(Cn3nc(C(F)(F)F)c(Cl)c3C)C(=O)C(Cn3nc(C(F)(F)F)c(Cl)c3C)N3CCN(c4nc(OC)nc(OC)n4)CC3)CC2)n1. The second kappa shape index (κ2) is 17.9. The van der Waals surface area contributed by atoms with E-state index in [0.717, 1.165) is 9.36 Å². The summed E-state index contributed by atoms with van der Waals surface area (Å²) in [7, 11) is 5.50. The number of aromatic nitrogens is 10. The number of piperazine rings is 2. The van der Waals surface area contributed by atoms with Gasteiger partial charge in [-0.05, 0) is 13.8 Å². The summed E-state index contributed by atoms with van der Waals surface area (Å²) in [6, 6.07) is -2.37. The molecule has 2 saturated heterocycles. The standard InChI is InChI=1S/C33H40Cl2F6N14O5/c1-17-21(34)24(32(36,37)38)48-54(17)15-19(50-7-11-52(12-8-50)26-42-28(57-3)46-29(43-26)58-4)23(56)20(16-55-18(2)22(35)25(49-55)33(39,40)41)51-9-13-53(14-10-51)27-44-30(59-5)47-31(45-27)60-6/h19-20H,7-16H2,1-6H3. The maximum Gasteiger partial charge on any atom is 0.436 e. The van der Waals surface area contributed by atoms with Crippen molar-refractivity contribution in [2.24, 2.45) is 0 Å². The van der Waals surface area contributed by atoms with Gasteiger partial charge in [-0.1, -0.05) is 23.2 Å². The lowest BCUT2D eigenvalue weighted by Crippen LogP contribution is -2.61. The molecule has 0 aliphatic carbocycles. The molecule has 4 aromatic rings. The average Bonchev–Trinajstić information content (AvgIpc) is 3.70.